The summed E-state index contributed by atoms with van der Waals surface area (Å²) >= 11 is 5.56. The van der Waals surface area contributed by atoms with Gasteiger partial charge in [-0.05, 0) is 25.1 Å². The van der Waals surface area contributed by atoms with Gasteiger partial charge in [0.1, 0.15) is 4.90 Å². The SMILES string of the molecule is Cl.O=S(=O)(NC1CCNC1)c1cccc(Cl)c1F. The zero-order valence-corrected chi connectivity index (χ0v) is 11.7. The molecule has 1 aromatic rings. The zero-order chi connectivity index (χ0) is 12.5. The van der Waals surface area contributed by atoms with Crippen LogP contribution in [0.3, 0.4) is 0 Å². The van der Waals surface area contributed by atoms with Gasteiger partial charge >= 0.3 is 0 Å². The fourth-order valence-electron chi connectivity index (χ4n) is 1.73. The van der Waals surface area contributed by atoms with Gasteiger partial charge in [0.25, 0.3) is 0 Å². The summed E-state index contributed by atoms with van der Waals surface area (Å²) < 4.78 is 39.9. The summed E-state index contributed by atoms with van der Waals surface area (Å²) in [6.07, 6.45) is 0.696. The predicted molar refractivity (Wildman–Crippen MR) is 70.3 cm³/mol. The van der Waals surface area contributed by atoms with Crippen molar-refractivity contribution in [3.05, 3.63) is 29.0 Å². The van der Waals surface area contributed by atoms with Crippen LogP contribution in [0.15, 0.2) is 23.1 Å². The first-order valence-corrected chi connectivity index (χ1v) is 7.04. The quantitative estimate of drug-likeness (QED) is 0.890. The molecule has 0 aromatic heterocycles. The largest absolute Gasteiger partial charge is 0.315 e. The van der Waals surface area contributed by atoms with Gasteiger partial charge in [0, 0.05) is 12.6 Å². The molecular weight excluding hydrogens is 302 g/mol. The molecule has 0 bridgehead atoms. The van der Waals surface area contributed by atoms with Gasteiger partial charge in [-0.2, -0.15) is 0 Å². The second kappa shape index (κ2) is 6.16. The number of sulfonamides is 1. The maximum absolute atomic E-state index is 13.6. The third kappa shape index (κ3) is 3.33. The van der Waals surface area contributed by atoms with Crippen molar-refractivity contribution < 1.29 is 12.8 Å². The van der Waals surface area contributed by atoms with Gasteiger partial charge in [-0.1, -0.05) is 17.7 Å². The molecule has 8 heteroatoms. The smallest absolute Gasteiger partial charge is 0.243 e. The molecule has 1 saturated heterocycles. The summed E-state index contributed by atoms with van der Waals surface area (Å²) in [6, 6.07) is 3.73. The van der Waals surface area contributed by atoms with E-state index in [0.717, 1.165) is 6.54 Å². The van der Waals surface area contributed by atoms with E-state index >= 15 is 0 Å². The lowest BCUT2D eigenvalue weighted by Gasteiger charge is -2.12. The molecule has 1 aromatic carbocycles. The number of rotatable bonds is 3. The molecule has 4 nitrogen and oxygen atoms in total. The number of hydrogen-bond donors (Lipinski definition) is 2. The van der Waals surface area contributed by atoms with Crippen LogP contribution < -0.4 is 10.0 Å². The van der Waals surface area contributed by atoms with E-state index in [1.807, 2.05) is 0 Å². The minimum atomic E-state index is -3.85. The highest BCUT2D eigenvalue weighted by Gasteiger charge is 2.25. The lowest BCUT2D eigenvalue weighted by Crippen LogP contribution is -2.36. The summed E-state index contributed by atoms with van der Waals surface area (Å²) in [7, 11) is -3.85. The summed E-state index contributed by atoms with van der Waals surface area (Å²) in [4.78, 5) is -0.406. The Morgan fingerprint density at radius 3 is 2.78 bits per heavy atom. The molecule has 1 fully saturated rings. The second-order valence-electron chi connectivity index (χ2n) is 3.86. The normalized spacial score (nSPS) is 19.6. The second-order valence-corrected chi connectivity index (χ2v) is 5.95. The first-order chi connectivity index (χ1) is 8.00. The van der Waals surface area contributed by atoms with Crippen molar-refractivity contribution in [2.45, 2.75) is 17.4 Å². The van der Waals surface area contributed by atoms with Crippen LogP contribution in [-0.2, 0) is 10.0 Å². The standard InChI is InChI=1S/C10H12ClFN2O2S.ClH/c11-8-2-1-3-9(10(8)12)17(15,16)14-7-4-5-13-6-7;/h1-3,7,13-14H,4-6H2;1H. The van der Waals surface area contributed by atoms with E-state index in [4.69, 9.17) is 11.6 Å². The van der Waals surface area contributed by atoms with Crippen LogP contribution in [0.5, 0.6) is 0 Å². The van der Waals surface area contributed by atoms with Crippen LogP contribution >= 0.6 is 24.0 Å². The van der Waals surface area contributed by atoms with Crippen molar-refractivity contribution >= 4 is 34.0 Å². The van der Waals surface area contributed by atoms with Gasteiger partial charge in [-0.3, -0.25) is 0 Å². The summed E-state index contributed by atoms with van der Waals surface area (Å²) in [5, 5.41) is 2.83. The molecule has 0 amide bonds. The van der Waals surface area contributed by atoms with Crippen molar-refractivity contribution in [1.29, 1.82) is 0 Å². The van der Waals surface area contributed by atoms with E-state index in [1.54, 1.807) is 0 Å². The number of benzene rings is 1. The minimum absolute atomic E-state index is 0. The highest BCUT2D eigenvalue weighted by molar-refractivity contribution is 7.89. The molecule has 1 heterocycles. The Hall–Kier alpha value is -0.400. The van der Waals surface area contributed by atoms with Crippen molar-refractivity contribution in [3.63, 3.8) is 0 Å². The molecule has 0 aliphatic carbocycles. The van der Waals surface area contributed by atoms with E-state index in [9.17, 15) is 12.8 Å². The Balaban J connectivity index is 0.00000162. The van der Waals surface area contributed by atoms with Gasteiger partial charge in [0.2, 0.25) is 10.0 Å². The maximum Gasteiger partial charge on any atom is 0.243 e. The van der Waals surface area contributed by atoms with Crippen molar-refractivity contribution in [1.82, 2.24) is 10.0 Å². The summed E-state index contributed by atoms with van der Waals surface area (Å²) in [5.74, 6) is -0.910. The third-order valence-electron chi connectivity index (χ3n) is 2.59. The van der Waals surface area contributed by atoms with Crippen LogP contribution in [-0.4, -0.2) is 27.5 Å². The number of nitrogens with one attached hydrogen (secondary N) is 2. The monoisotopic (exact) mass is 314 g/mol. The van der Waals surface area contributed by atoms with Gasteiger partial charge in [0.05, 0.1) is 5.02 Å². The molecule has 1 atom stereocenters. The van der Waals surface area contributed by atoms with Crippen LogP contribution in [0.2, 0.25) is 5.02 Å². The molecule has 18 heavy (non-hydrogen) atoms. The molecule has 1 unspecified atom stereocenters. The molecule has 1 aliphatic heterocycles. The molecule has 0 spiro atoms. The molecular formula is C10H13Cl2FN2O2S. The summed E-state index contributed by atoms with van der Waals surface area (Å²) in [5.41, 5.74) is 0. The van der Waals surface area contributed by atoms with Crippen LogP contribution in [0.1, 0.15) is 6.42 Å². The van der Waals surface area contributed by atoms with E-state index in [0.29, 0.717) is 13.0 Å². The number of hydrogen-bond acceptors (Lipinski definition) is 3. The van der Waals surface area contributed by atoms with Gasteiger partial charge in [-0.25, -0.2) is 17.5 Å². The zero-order valence-electron chi connectivity index (χ0n) is 9.32. The lowest BCUT2D eigenvalue weighted by molar-refractivity contribution is 0.542. The fraction of sp³-hybridized carbons (Fsp3) is 0.400. The predicted octanol–water partition coefficient (Wildman–Crippen LogP) is 1.54. The minimum Gasteiger partial charge on any atom is -0.315 e. The highest BCUT2D eigenvalue weighted by atomic mass is 35.5. The lowest BCUT2D eigenvalue weighted by atomic mass is 10.3. The maximum atomic E-state index is 13.6. The Labute approximate surface area is 116 Å². The average Bonchev–Trinajstić information content (AvgIpc) is 2.73. The van der Waals surface area contributed by atoms with Crippen molar-refractivity contribution in [2.75, 3.05) is 13.1 Å². The average molecular weight is 315 g/mol. The molecule has 1 aliphatic rings. The van der Waals surface area contributed by atoms with Crippen LogP contribution in [0, 0.1) is 5.82 Å². The summed E-state index contributed by atoms with van der Waals surface area (Å²) in [6.45, 7) is 1.31. The third-order valence-corrected chi connectivity index (χ3v) is 4.42. The molecule has 2 rings (SSSR count). The highest BCUT2D eigenvalue weighted by Crippen LogP contribution is 2.22. The van der Waals surface area contributed by atoms with Gasteiger partial charge < -0.3 is 5.32 Å². The van der Waals surface area contributed by atoms with Gasteiger partial charge in [-0.15, -0.1) is 12.4 Å². The first kappa shape index (κ1) is 15.7. The first-order valence-electron chi connectivity index (χ1n) is 5.18. The van der Waals surface area contributed by atoms with E-state index < -0.39 is 20.7 Å². The Bertz CT molecular complexity index is 519. The molecule has 0 saturated carbocycles. The molecule has 102 valence electrons. The Morgan fingerprint density at radius 1 is 1.44 bits per heavy atom. The van der Waals surface area contributed by atoms with Crippen LogP contribution in [0.25, 0.3) is 0 Å². The Kier molecular flexibility index (Phi) is 5.36. The van der Waals surface area contributed by atoms with Gasteiger partial charge in [0.15, 0.2) is 5.82 Å². The van der Waals surface area contributed by atoms with E-state index in [1.165, 1.54) is 18.2 Å². The Morgan fingerprint density at radius 2 is 2.17 bits per heavy atom. The van der Waals surface area contributed by atoms with E-state index in [2.05, 4.69) is 10.0 Å². The van der Waals surface area contributed by atoms with Crippen molar-refractivity contribution in [2.24, 2.45) is 0 Å². The topological polar surface area (TPSA) is 58.2 Å². The fourth-order valence-corrected chi connectivity index (χ4v) is 3.33. The van der Waals surface area contributed by atoms with E-state index in [-0.39, 0.29) is 23.5 Å². The van der Waals surface area contributed by atoms with Crippen LogP contribution in [0.4, 0.5) is 4.39 Å². The molecule has 2 N–H and O–H groups in total. The van der Waals surface area contributed by atoms with Crippen molar-refractivity contribution in [3.8, 4) is 0 Å². The number of halogens is 3. The molecule has 0 radical (unpaired) electrons.